The predicted octanol–water partition coefficient (Wildman–Crippen LogP) is 1.09. The Labute approximate surface area is 103 Å². The zero-order valence-electron chi connectivity index (χ0n) is 11.2. The molecule has 2 N–H and O–H groups in total. The van der Waals surface area contributed by atoms with Crippen molar-refractivity contribution in [1.29, 1.82) is 0 Å². The van der Waals surface area contributed by atoms with Crippen molar-refractivity contribution in [3.63, 3.8) is 0 Å². The molecule has 0 aromatic rings. The number of unbranched alkanes of at least 4 members (excludes halogenated alkanes) is 1. The molecule has 17 heavy (non-hydrogen) atoms. The fourth-order valence-electron chi connectivity index (χ4n) is 1.12. The first-order valence-corrected chi connectivity index (χ1v) is 5.91. The van der Waals surface area contributed by atoms with Gasteiger partial charge in [-0.05, 0) is 40.8 Å². The number of hydrogen-bond donors (Lipinski definition) is 2. The zero-order valence-corrected chi connectivity index (χ0v) is 11.2. The van der Waals surface area contributed by atoms with Crippen LogP contribution in [-0.4, -0.2) is 48.1 Å². The van der Waals surface area contributed by atoms with E-state index in [0.29, 0.717) is 25.8 Å². The lowest BCUT2D eigenvalue weighted by Gasteiger charge is -2.32. The van der Waals surface area contributed by atoms with Crippen molar-refractivity contribution in [3.05, 3.63) is 0 Å². The van der Waals surface area contributed by atoms with E-state index in [1.165, 1.54) is 0 Å². The molecule has 0 fully saturated rings. The van der Waals surface area contributed by atoms with E-state index in [9.17, 15) is 9.59 Å². The number of amides is 1. The average Bonchev–Trinajstić information content (AvgIpc) is 2.21. The van der Waals surface area contributed by atoms with E-state index in [0.717, 1.165) is 0 Å². The minimum absolute atomic E-state index is 0.00897. The Morgan fingerprint density at radius 1 is 1.18 bits per heavy atom. The summed E-state index contributed by atoms with van der Waals surface area (Å²) in [6, 6.07) is 0. The Morgan fingerprint density at radius 3 is 2.18 bits per heavy atom. The van der Waals surface area contributed by atoms with Crippen LogP contribution >= 0.6 is 0 Å². The first kappa shape index (κ1) is 15.9. The summed E-state index contributed by atoms with van der Waals surface area (Å²) < 4.78 is 0. The van der Waals surface area contributed by atoms with Gasteiger partial charge < -0.3 is 15.3 Å². The summed E-state index contributed by atoms with van der Waals surface area (Å²) in [5, 5.41) is 11.3. The van der Waals surface area contributed by atoms with Gasteiger partial charge in [0.25, 0.3) is 0 Å². The number of aliphatic carboxylic acids is 1. The monoisotopic (exact) mass is 244 g/mol. The minimum atomic E-state index is -0.806. The quantitative estimate of drug-likeness (QED) is 0.627. The van der Waals surface area contributed by atoms with Gasteiger partial charge in [-0.1, -0.05) is 0 Å². The van der Waals surface area contributed by atoms with Crippen molar-refractivity contribution in [2.45, 2.75) is 45.1 Å². The van der Waals surface area contributed by atoms with E-state index in [-0.39, 0.29) is 17.9 Å². The van der Waals surface area contributed by atoms with E-state index in [2.05, 4.69) is 24.1 Å². The van der Waals surface area contributed by atoms with Crippen LogP contribution in [0.3, 0.4) is 0 Å². The molecule has 0 bridgehead atoms. The molecular formula is C12H24N2O3. The molecule has 5 nitrogen and oxygen atoms in total. The van der Waals surface area contributed by atoms with Crippen LogP contribution in [0.5, 0.6) is 0 Å². The number of hydrogen-bond acceptors (Lipinski definition) is 3. The van der Waals surface area contributed by atoms with E-state index in [4.69, 9.17) is 5.11 Å². The number of carbonyl (C=O) groups is 2. The molecule has 0 aliphatic carbocycles. The highest BCUT2D eigenvalue weighted by Crippen LogP contribution is 2.08. The molecule has 0 aromatic heterocycles. The fraction of sp³-hybridized carbons (Fsp3) is 0.833. The van der Waals surface area contributed by atoms with Crippen LogP contribution in [0.15, 0.2) is 0 Å². The first-order valence-electron chi connectivity index (χ1n) is 5.91. The van der Waals surface area contributed by atoms with Crippen LogP contribution < -0.4 is 5.32 Å². The Kier molecular flexibility index (Phi) is 6.80. The van der Waals surface area contributed by atoms with Crippen molar-refractivity contribution in [2.75, 3.05) is 20.6 Å². The SMILES string of the molecule is CN(C)C(C)(C)CNC(=O)CCCCC(=O)O. The largest absolute Gasteiger partial charge is 0.481 e. The van der Waals surface area contributed by atoms with Gasteiger partial charge >= 0.3 is 5.97 Å². The van der Waals surface area contributed by atoms with Crippen molar-refractivity contribution >= 4 is 11.9 Å². The summed E-state index contributed by atoms with van der Waals surface area (Å²) in [6.07, 6.45) is 1.72. The average molecular weight is 244 g/mol. The Bertz CT molecular complexity index is 262. The van der Waals surface area contributed by atoms with Crippen LogP contribution in [0.2, 0.25) is 0 Å². The number of likely N-dealkylation sites (N-methyl/N-ethyl adjacent to an activating group) is 1. The zero-order chi connectivity index (χ0) is 13.5. The van der Waals surface area contributed by atoms with Crippen molar-refractivity contribution in [3.8, 4) is 0 Å². The molecular weight excluding hydrogens is 220 g/mol. The normalized spacial score (nSPS) is 11.6. The second kappa shape index (κ2) is 7.27. The van der Waals surface area contributed by atoms with Gasteiger partial charge in [-0.25, -0.2) is 0 Å². The number of carbonyl (C=O) groups excluding carboxylic acids is 1. The van der Waals surface area contributed by atoms with Gasteiger partial charge in [0.15, 0.2) is 0 Å². The van der Waals surface area contributed by atoms with Crippen LogP contribution in [0, 0.1) is 0 Å². The molecule has 0 aliphatic heterocycles. The standard InChI is InChI=1S/C12H24N2O3/c1-12(2,14(3)4)9-13-10(15)7-5-6-8-11(16)17/h5-9H2,1-4H3,(H,13,15)(H,16,17). The molecule has 0 aliphatic rings. The van der Waals surface area contributed by atoms with Crippen molar-refractivity contribution in [2.24, 2.45) is 0 Å². The molecule has 0 saturated heterocycles. The maximum Gasteiger partial charge on any atom is 0.303 e. The van der Waals surface area contributed by atoms with Gasteiger partial charge in [0.05, 0.1) is 0 Å². The second-order valence-corrected chi connectivity index (χ2v) is 5.08. The summed E-state index contributed by atoms with van der Waals surface area (Å²) in [7, 11) is 3.94. The van der Waals surface area contributed by atoms with Gasteiger partial charge in [-0.15, -0.1) is 0 Å². The van der Waals surface area contributed by atoms with Gasteiger partial charge in [0.2, 0.25) is 5.91 Å². The lowest BCUT2D eigenvalue weighted by molar-refractivity contribution is -0.137. The number of nitrogens with zero attached hydrogens (tertiary/aromatic N) is 1. The molecule has 0 saturated carbocycles. The molecule has 0 atom stereocenters. The van der Waals surface area contributed by atoms with E-state index >= 15 is 0 Å². The third-order valence-corrected chi connectivity index (χ3v) is 2.97. The fourth-order valence-corrected chi connectivity index (χ4v) is 1.12. The summed E-state index contributed by atoms with van der Waals surface area (Å²) in [5.41, 5.74) is -0.0727. The summed E-state index contributed by atoms with van der Waals surface area (Å²) in [4.78, 5) is 23.8. The van der Waals surface area contributed by atoms with Gasteiger partial charge in [0.1, 0.15) is 0 Å². The predicted molar refractivity (Wildman–Crippen MR) is 66.9 cm³/mol. The lowest BCUT2D eigenvalue weighted by Crippen LogP contribution is -2.48. The summed E-state index contributed by atoms with van der Waals surface area (Å²) in [6.45, 7) is 4.70. The Hall–Kier alpha value is -1.10. The topological polar surface area (TPSA) is 69.6 Å². The number of carboxylic acids is 1. The third kappa shape index (κ3) is 7.74. The molecule has 0 unspecified atom stereocenters. The maximum absolute atomic E-state index is 11.5. The van der Waals surface area contributed by atoms with Gasteiger partial charge in [-0.2, -0.15) is 0 Å². The highest BCUT2D eigenvalue weighted by molar-refractivity contribution is 5.76. The van der Waals surface area contributed by atoms with E-state index in [1.54, 1.807) is 0 Å². The molecule has 100 valence electrons. The smallest absolute Gasteiger partial charge is 0.303 e. The van der Waals surface area contributed by atoms with Gasteiger partial charge in [0, 0.05) is 24.9 Å². The third-order valence-electron chi connectivity index (χ3n) is 2.97. The summed E-state index contributed by atoms with van der Waals surface area (Å²) >= 11 is 0. The Morgan fingerprint density at radius 2 is 1.71 bits per heavy atom. The number of nitrogens with one attached hydrogen (secondary N) is 1. The van der Waals surface area contributed by atoms with Crippen molar-refractivity contribution in [1.82, 2.24) is 10.2 Å². The maximum atomic E-state index is 11.5. The van der Waals surface area contributed by atoms with Crippen LogP contribution in [0.1, 0.15) is 39.5 Å². The van der Waals surface area contributed by atoms with Gasteiger partial charge in [-0.3, -0.25) is 9.59 Å². The van der Waals surface area contributed by atoms with E-state index < -0.39 is 5.97 Å². The van der Waals surface area contributed by atoms with Crippen molar-refractivity contribution < 1.29 is 14.7 Å². The van der Waals surface area contributed by atoms with Crippen LogP contribution in [0.25, 0.3) is 0 Å². The highest BCUT2D eigenvalue weighted by atomic mass is 16.4. The van der Waals surface area contributed by atoms with E-state index in [1.807, 2.05) is 14.1 Å². The summed E-state index contributed by atoms with van der Waals surface area (Å²) in [5.74, 6) is -0.815. The highest BCUT2D eigenvalue weighted by Gasteiger charge is 2.20. The van der Waals surface area contributed by atoms with Crippen LogP contribution in [0.4, 0.5) is 0 Å². The molecule has 0 aromatic carbocycles. The number of carboxylic acid groups (broad SMARTS) is 1. The second-order valence-electron chi connectivity index (χ2n) is 5.08. The number of rotatable bonds is 8. The Balaban J connectivity index is 3.70. The lowest BCUT2D eigenvalue weighted by atomic mass is 10.0. The molecule has 5 heteroatoms. The van der Waals surface area contributed by atoms with Crippen LogP contribution in [-0.2, 0) is 9.59 Å². The molecule has 1 amide bonds. The molecule has 0 radical (unpaired) electrons. The molecule has 0 heterocycles. The first-order chi connectivity index (χ1) is 7.75. The molecule has 0 rings (SSSR count). The molecule has 0 spiro atoms. The minimum Gasteiger partial charge on any atom is -0.481 e.